The lowest BCUT2D eigenvalue weighted by atomic mass is 10.0. The highest BCUT2D eigenvalue weighted by Gasteiger charge is 2.26. The van der Waals surface area contributed by atoms with E-state index in [2.05, 4.69) is 6.92 Å². The van der Waals surface area contributed by atoms with Crippen LogP contribution in [0.3, 0.4) is 0 Å². The van der Waals surface area contributed by atoms with E-state index in [0.717, 1.165) is 31.2 Å². The summed E-state index contributed by atoms with van der Waals surface area (Å²) < 4.78 is 74.0. The molecule has 6 heteroatoms. The second-order valence-corrected chi connectivity index (χ2v) is 6.62. The topological polar surface area (TPSA) is 9.23 Å². The smallest absolute Gasteiger partial charge is 0.194 e. The molecule has 1 aliphatic rings. The SMILES string of the molecule is CCCC1CCC(c2ccc(/C(F)=C(\F)c3cc(F)c(F)c(F)c3)cc2)O1. The summed E-state index contributed by atoms with van der Waals surface area (Å²) in [5, 5.41) is 0. The van der Waals surface area contributed by atoms with Crippen LogP contribution in [0.1, 0.15) is 55.4 Å². The van der Waals surface area contributed by atoms with Gasteiger partial charge >= 0.3 is 0 Å². The highest BCUT2D eigenvalue weighted by atomic mass is 19.2. The van der Waals surface area contributed by atoms with Crippen LogP contribution in [-0.4, -0.2) is 6.10 Å². The molecule has 0 bridgehead atoms. The molecule has 27 heavy (non-hydrogen) atoms. The van der Waals surface area contributed by atoms with Gasteiger partial charge in [0.15, 0.2) is 29.1 Å². The van der Waals surface area contributed by atoms with Crippen LogP contribution in [0.2, 0.25) is 0 Å². The lowest BCUT2D eigenvalue weighted by Gasteiger charge is -2.14. The number of ether oxygens (including phenoxy) is 1. The molecule has 1 saturated heterocycles. The molecule has 1 nitrogen and oxygen atoms in total. The zero-order chi connectivity index (χ0) is 19.6. The van der Waals surface area contributed by atoms with Gasteiger partial charge in [-0.25, -0.2) is 22.0 Å². The normalized spacial score (nSPS) is 20.7. The first-order valence-electron chi connectivity index (χ1n) is 8.86. The summed E-state index contributed by atoms with van der Waals surface area (Å²) in [6.45, 7) is 2.09. The van der Waals surface area contributed by atoms with Gasteiger partial charge in [-0.15, -0.1) is 0 Å². The minimum Gasteiger partial charge on any atom is -0.370 e. The van der Waals surface area contributed by atoms with Crippen LogP contribution < -0.4 is 0 Å². The molecule has 0 saturated carbocycles. The van der Waals surface area contributed by atoms with E-state index in [-0.39, 0.29) is 17.8 Å². The molecular weight excluding hydrogens is 363 g/mol. The molecule has 2 aromatic carbocycles. The van der Waals surface area contributed by atoms with Gasteiger partial charge in [0, 0.05) is 11.1 Å². The van der Waals surface area contributed by atoms with Crippen molar-refractivity contribution in [2.75, 3.05) is 0 Å². The number of benzene rings is 2. The molecule has 0 aliphatic carbocycles. The van der Waals surface area contributed by atoms with Gasteiger partial charge in [-0.1, -0.05) is 37.6 Å². The maximum Gasteiger partial charge on any atom is 0.194 e. The van der Waals surface area contributed by atoms with Gasteiger partial charge in [0.25, 0.3) is 0 Å². The Bertz CT molecular complexity index is 821. The molecular formula is C21H19F5O. The third kappa shape index (κ3) is 4.21. The molecule has 0 aromatic heterocycles. The van der Waals surface area contributed by atoms with Crippen molar-refractivity contribution in [3.8, 4) is 0 Å². The van der Waals surface area contributed by atoms with E-state index in [9.17, 15) is 22.0 Å². The van der Waals surface area contributed by atoms with Gasteiger partial charge in [0.2, 0.25) is 0 Å². The molecule has 2 unspecified atom stereocenters. The van der Waals surface area contributed by atoms with E-state index < -0.39 is 34.7 Å². The van der Waals surface area contributed by atoms with Gasteiger partial charge in [0.05, 0.1) is 12.2 Å². The van der Waals surface area contributed by atoms with E-state index in [0.29, 0.717) is 12.1 Å². The molecule has 0 amide bonds. The van der Waals surface area contributed by atoms with Crippen molar-refractivity contribution in [2.45, 2.75) is 44.8 Å². The van der Waals surface area contributed by atoms with E-state index in [1.54, 1.807) is 12.1 Å². The van der Waals surface area contributed by atoms with Crippen molar-refractivity contribution in [3.63, 3.8) is 0 Å². The monoisotopic (exact) mass is 382 g/mol. The predicted octanol–water partition coefficient (Wildman–Crippen LogP) is 6.89. The van der Waals surface area contributed by atoms with Crippen LogP contribution >= 0.6 is 0 Å². The molecule has 3 rings (SSSR count). The molecule has 144 valence electrons. The Kier molecular flexibility index (Phi) is 5.95. The fourth-order valence-corrected chi connectivity index (χ4v) is 3.27. The fraction of sp³-hybridized carbons (Fsp3) is 0.333. The van der Waals surface area contributed by atoms with E-state index >= 15 is 0 Å². The maximum absolute atomic E-state index is 14.4. The van der Waals surface area contributed by atoms with Crippen molar-refractivity contribution in [2.24, 2.45) is 0 Å². The zero-order valence-corrected chi connectivity index (χ0v) is 14.7. The quantitative estimate of drug-likeness (QED) is 0.311. The molecule has 0 N–H and O–H groups in total. The third-order valence-electron chi connectivity index (χ3n) is 4.68. The van der Waals surface area contributed by atoms with Crippen molar-refractivity contribution in [3.05, 3.63) is 70.5 Å². The average molecular weight is 382 g/mol. The second kappa shape index (κ2) is 8.21. The Labute approximate surface area is 154 Å². The number of rotatable bonds is 5. The van der Waals surface area contributed by atoms with Crippen LogP contribution in [0.25, 0.3) is 11.7 Å². The molecule has 1 heterocycles. The van der Waals surface area contributed by atoms with Crippen LogP contribution in [0.4, 0.5) is 22.0 Å². The predicted molar refractivity (Wildman–Crippen MR) is 93.5 cm³/mol. The zero-order valence-electron chi connectivity index (χ0n) is 14.7. The average Bonchev–Trinajstić information content (AvgIpc) is 3.13. The summed E-state index contributed by atoms with van der Waals surface area (Å²) in [4.78, 5) is 0. The summed E-state index contributed by atoms with van der Waals surface area (Å²) in [6, 6.07) is 6.90. The van der Waals surface area contributed by atoms with Gasteiger partial charge < -0.3 is 4.74 Å². The molecule has 0 radical (unpaired) electrons. The highest BCUT2D eigenvalue weighted by Crippen LogP contribution is 2.36. The van der Waals surface area contributed by atoms with Crippen LogP contribution in [0.5, 0.6) is 0 Å². The van der Waals surface area contributed by atoms with Gasteiger partial charge in [-0.3, -0.25) is 0 Å². The Balaban J connectivity index is 1.81. The lowest BCUT2D eigenvalue weighted by molar-refractivity contribution is 0.0396. The Morgan fingerprint density at radius 3 is 2.11 bits per heavy atom. The van der Waals surface area contributed by atoms with Crippen molar-refractivity contribution in [1.29, 1.82) is 0 Å². The second-order valence-electron chi connectivity index (χ2n) is 6.62. The van der Waals surface area contributed by atoms with Crippen LogP contribution in [0.15, 0.2) is 36.4 Å². The lowest BCUT2D eigenvalue weighted by Crippen LogP contribution is -2.05. The van der Waals surface area contributed by atoms with Crippen LogP contribution in [-0.2, 0) is 4.74 Å². The Morgan fingerprint density at radius 1 is 0.926 bits per heavy atom. The summed E-state index contributed by atoms with van der Waals surface area (Å²) in [5.41, 5.74) is 0.0865. The first kappa shape index (κ1) is 19.5. The van der Waals surface area contributed by atoms with E-state index in [1.165, 1.54) is 12.1 Å². The first-order chi connectivity index (χ1) is 12.9. The molecule has 2 atom stereocenters. The minimum atomic E-state index is -1.73. The van der Waals surface area contributed by atoms with E-state index in [4.69, 9.17) is 4.74 Å². The summed E-state index contributed by atoms with van der Waals surface area (Å²) in [7, 11) is 0. The largest absolute Gasteiger partial charge is 0.370 e. The molecule has 0 spiro atoms. The third-order valence-corrected chi connectivity index (χ3v) is 4.68. The molecule has 2 aromatic rings. The Morgan fingerprint density at radius 2 is 1.52 bits per heavy atom. The maximum atomic E-state index is 14.4. The van der Waals surface area contributed by atoms with Gasteiger partial charge in [0.1, 0.15) is 0 Å². The number of halogens is 5. The standard InChI is InChI=1S/C21H19F5O/c1-2-3-15-8-9-18(27-15)12-4-6-13(7-5-12)19(24)20(25)14-10-16(22)21(26)17(23)11-14/h4-7,10-11,15,18H,2-3,8-9H2,1H3/b20-19+. The fourth-order valence-electron chi connectivity index (χ4n) is 3.27. The molecule has 1 fully saturated rings. The van der Waals surface area contributed by atoms with E-state index in [1.807, 2.05) is 0 Å². The summed E-state index contributed by atoms with van der Waals surface area (Å²) in [6.07, 6.45) is 4.00. The number of hydrogen-bond donors (Lipinski definition) is 0. The number of hydrogen-bond acceptors (Lipinski definition) is 1. The van der Waals surface area contributed by atoms with Crippen molar-refractivity contribution in [1.82, 2.24) is 0 Å². The van der Waals surface area contributed by atoms with Gasteiger partial charge in [-0.2, -0.15) is 0 Å². The van der Waals surface area contributed by atoms with Crippen LogP contribution in [0, 0.1) is 17.5 Å². The molecule has 1 aliphatic heterocycles. The highest BCUT2D eigenvalue weighted by molar-refractivity contribution is 5.83. The van der Waals surface area contributed by atoms with Crippen molar-refractivity contribution >= 4 is 11.7 Å². The van der Waals surface area contributed by atoms with Gasteiger partial charge in [-0.05, 0) is 37.0 Å². The minimum absolute atomic E-state index is 0.0761. The van der Waals surface area contributed by atoms with Crippen molar-refractivity contribution < 1.29 is 26.7 Å². The Hall–Kier alpha value is -2.21. The first-order valence-corrected chi connectivity index (χ1v) is 8.86. The summed E-state index contributed by atoms with van der Waals surface area (Å²) in [5.74, 6) is -7.62. The summed E-state index contributed by atoms with van der Waals surface area (Å²) >= 11 is 0.